The Labute approximate surface area is 139 Å². The molecule has 23 heavy (non-hydrogen) atoms. The van der Waals surface area contributed by atoms with Crippen molar-refractivity contribution in [2.45, 2.75) is 13.8 Å². The molecule has 0 radical (unpaired) electrons. The Kier molecular flexibility index (Phi) is 5.37. The third-order valence-electron chi connectivity index (χ3n) is 3.83. The van der Waals surface area contributed by atoms with Crippen LogP contribution >= 0.6 is 0 Å². The smallest absolute Gasteiger partial charge is 0.0533 e. The van der Waals surface area contributed by atoms with Gasteiger partial charge in [-0.2, -0.15) is 0 Å². The second-order valence-corrected chi connectivity index (χ2v) is 5.41. The van der Waals surface area contributed by atoms with Crippen molar-refractivity contribution in [1.29, 1.82) is 0 Å². The molecule has 0 atom stereocenters. The Hall–Kier alpha value is -2.80. The van der Waals surface area contributed by atoms with Gasteiger partial charge in [-0.15, -0.1) is 0 Å². The Morgan fingerprint density at radius 1 is 0.913 bits per heavy atom. The minimum absolute atomic E-state index is 1.01. The van der Waals surface area contributed by atoms with E-state index in [0.717, 1.165) is 28.2 Å². The van der Waals surface area contributed by atoms with Crippen LogP contribution in [0.15, 0.2) is 91.7 Å². The molecule has 2 aromatic rings. The Morgan fingerprint density at radius 2 is 1.57 bits per heavy atom. The van der Waals surface area contributed by atoms with Gasteiger partial charge in [0.15, 0.2) is 0 Å². The van der Waals surface area contributed by atoms with E-state index in [1.165, 1.54) is 5.56 Å². The van der Waals surface area contributed by atoms with E-state index in [-0.39, 0.29) is 0 Å². The number of allylic oxidation sites excluding steroid dienone is 3. The van der Waals surface area contributed by atoms with E-state index in [1.807, 2.05) is 37.3 Å². The largest absolute Gasteiger partial charge is 0.310 e. The summed E-state index contributed by atoms with van der Waals surface area (Å²) in [6, 6.07) is 16.7. The van der Waals surface area contributed by atoms with Gasteiger partial charge in [0.2, 0.25) is 0 Å². The molecule has 1 heteroatoms. The maximum absolute atomic E-state index is 4.00. The van der Waals surface area contributed by atoms with Crippen LogP contribution in [0.2, 0.25) is 0 Å². The van der Waals surface area contributed by atoms with E-state index in [0.29, 0.717) is 0 Å². The standard InChI is InChI=1S/C22H23N/c1-6-18(5)21(8-3)23(20-15-13-17(4)14-16-20)22-12-10-9-11-19(22)7-2/h6-16H,1-3H2,4-5H3/b21-18+. The highest BCUT2D eigenvalue weighted by molar-refractivity contribution is 5.78. The fraction of sp³-hybridized carbons (Fsp3) is 0.0909. The van der Waals surface area contributed by atoms with Crippen LogP contribution in [0.1, 0.15) is 18.1 Å². The molecule has 0 aliphatic heterocycles. The van der Waals surface area contributed by atoms with E-state index in [4.69, 9.17) is 0 Å². The normalized spacial score (nSPS) is 11.4. The molecule has 0 amide bonds. The molecule has 116 valence electrons. The van der Waals surface area contributed by atoms with Crippen LogP contribution in [0.3, 0.4) is 0 Å². The van der Waals surface area contributed by atoms with Crippen LogP contribution in [0.4, 0.5) is 11.4 Å². The monoisotopic (exact) mass is 301 g/mol. The number of anilines is 2. The topological polar surface area (TPSA) is 3.24 Å². The predicted molar refractivity (Wildman–Crippen MR) is 103 cm³/mol. The summed E-state index contributed by atoms with van der Waals surface area (Å²) in [6.45, 7) is 16.0. The minimum Gasteiger partial charge on any atom is -0.310 e. The molecule has 0 aliphatic rings. The Morgan fingerprint density at radius 3 is 2.13 bits per heavy atom. The zero-order valence-corrected chi connectivity index (χ0v) is 13.9. The van der Waals surface area contributed by atoms with Crippen LogP contribution in [-0.4, -0.2) is 0 Å². The van der Waals surface area contributed by atoms with Gasteiger partial charge in [0, 0.05) is 11.4 Å². The highest BCUT2D eigenvalue weighted by Crippen LogP contribution is 2.34. The average molecular weight is 301 g/mol. The van der Waals surface area contributed by atoms with Gasteiger partial charge in [0.25, 0.3) is 0 Å². The SMILES string of the molecule is C=C/C(C)=C(\C=C)N(c1ccc(C)cc1)c1ccccc1C=C. The lowest BCUT2D eigenvalue weighted by molar-refractivity contribution is 1.17. The molecule has 0 aliphatic carbocycles. The van der Waals surface area contributed by atoms with Gasteiger partial charge < -0.3 is 4.90 Å². The van der Waals surface area contributed by atoms with E-state index in [1.54, 1.807) is 0 Å². The van der Waals surface area contributed by atoms with Crippen molar-refractivity contribution in [3.63, 3.8) is 0 Å². The zero-order chi connectivity index (χ0) is 16.8. The van der Waals surface area contributed by atoms with Gasteiger partial charge >= 0.3 is 0 Å². The fourth-order valence-electron chi connectivity index (χ4n) is 2.50. The summed E-state index contributed by atoms with van der Waals surface area (Å²) in [5, 5.41) is 0. The van der Waals surface area contributed by atoms with Crippen molar-refractivity contribution in [3.8, 4) is 0 Å². The number of nitrogens with zero attached hydrogens (tertiary/aromatic N) is 1. The van der Waals surface area contributed by atoms with Crippen LogP contribution < -0.4 is 4.90 Å². The quantitative estimate of drug-likeness (QED) is 0.556. The number of aryl methyl sites for hydroxylation is 1. The van der Waals surface area contributed by atoms with Crippen molar-refractivity contribution in [2.24, 2.45) is 0 Å². The maximum atomic E-state index is 4.00. The highest BCUT2D eigenvalue weighted by Gasteiger charge is 2.16. The lowest BCUT2D eigenvalue weighted by Gasteiger charge is -2.29. The first-order valence-electron chi connectivity index (χ1n) is 7.66. The summed E-state index contributed by atoms with van der Waals surface area (Å²) >= 11 is 0. The van der Waals surface area contributed by atoms with Crippen molar-refractivity contribution in [1.82, 2.24) is 0 Å². The van der Waals surface area contributed by atoms with Gasteiger partial charge in [0.1, 0.15) is 0 Å². The van der Waals surface area contributed by atoms with E-state index in [2.05, 4.69) is 68.0 Å². The molecular formula is C22H23N. The van der Waals surface area contributed by atoms with Crippen LogP contribution in [0.25, 0.3) is 6.08 Å². The summed E-state index contributed by atoms with van der Waals surface area (Å²) in [5.74, 6) is 0. The van der Waals surface area contributed by atoms with Crippen molar-refractivity contribution >= 4 is 17.5 Å². The molecule has 0 N–H and O–H groups in total. The molecule has 2 rings (SSSR count). The van der Waals surface area contributed by atoms with E-state index in [9.17, 15) is 0 Å². The van der Waals surface area contributed by atoms with Crippen molar-refractivity contribution < 1.29 is 0 Å². The van der Waals surface area contributed by atoms with Crippen LogP contribution in [-0.2, 0) is 0 Å². The molecule has 2 aromatic carbocycles. The van der Waals surface area contributed by atoms with E-state index < -0.39 is 0 Å². The van der Waals surface area contributed by atoms with Gasteiger partial charge in [-0.25, -0.2) is 0 Å². The first-order chi connectivity index (χ1) is 11.1. The summed E-state index contributed by atoms with van der Waals surface area (Å²) in [4.78, 5) is 2.19. The summed E-state index contributed by atoms with van der Waals surface area (Å²) in [7, 11) is 0. The number of para-hydroxylation sites is 1. The van der Waals surface area contributed by atoms with Gasteiger partial charge in [-0.1, -0.05) is 67.8 Å². The third-order valence-corrected chi connectivity index (χ3v) is 3.83. The molecular weight excluding hydrogens is 278 g/mol. The minimum atomic E-state index is 1.01. The molecule has 1 nitrogen and oxygen atoms in total. The number of hydrogen-bond acceptors (Lipinski definition) is 1. The second-order valence-electron chi connectivity index (χ2n) is 5.41. The fourth-order valence-corrected chi connectivity index (χ4v) is 2.50. The Balaban J connectivity index is 2.74. The summed E-state index contributed by atoms with van der Waals surface area (Å²) in [5.41, 5.74) is 6.54. The number of rotatable bonds is 6. The summed E-state index contributed by atoms with van der Waals surface area (Å²) < 4.78 is 0. The lowest BCUT2D eigenvalue weighted by atomic mass is 10.1. The first kappa shape index (κ1) is 16.6. The molecule has 0 saturated heterocycles. The number of hydrogen-bond donors (Lipinski definition) is 0. The molecule has 0 heterocycles. The van der Waals surface area contributed by atoms with Gasteiger partial charge in [-0.3, -0.25) is 0 Å². The lowest BCUT2D eigenvalue weighted by Crippen LogP contribution is -2.17. The average Bonchev–Trinajstić information content (AvgIpc) is 2.60. The first-order valence-corrected chi connectivity index (χ1v) is 7.66. The summed E-state index contributed by atoms with van der Waals surface area (Å²) in [6.07, 6.45) is 5.60. The number of benzene rings is 2. The molecule has 0 spiro atoms. The second kappa shape index (κ2) is 7.46. The molecule has 0 fully saturated rings. The maximum Gasteiger partial charge on any atom is 0.0533 e. The third kappa shape index (κ3) is 3.51. The zero-order valence-electron chi connectivity index (χ0n) is 13.9. The molecule has 0 bridgehead atoms. The van der Waals surface area contributed by atoms with Crippen LogP contribution in [0.5, 0.6) is 0 Å². The molecule has 0 aromatic heterocycles. The van der Waals surface area contributed by atoms with Crippen molar-refractivity contribution in [3.05, 3.63) is 103 Å². The van der Waals surface area contributed by atoms with Gasteiger partial charge in [-0.05, 0) is 49.3 Å². The molecule has 0 unspecified atom stereocenters. The van der Waals surface area contributed by atoms with Crippen molar-refractivity contribution in [2.75, 3.05) is 4.90 Å². The van der Waals surface area contributed by atoms with E-state index >= 15 is 0 Å². The van der Waals surface area contributed by atoms with Gasteiger partial charge in [0.05, 0.1) is 5.69 Å². The van der Waals surface area contributed by atoms with Crippen LogP contribution in [0, 0.1) is 6.92 Å². The highest BCUT2D eigenvalue weighted by atomic mass is 15.1. The molecule has 0 saturated carbocycles. The Bertz CT molecular complexity index is 748. The predicted octanol–water partition coefficient (Wildman–Crippen LogP) is 6.42.